The van der Waals surface area contributed by atoms with Crippen LogP contribution >= 0.6 is 11.6 Å². The highest BCUT2D eigenvalue weighted by molar-refractivity contribution is 6.31. The van der Waals surface area contributed by atoms with Crippen LogP contribution < -0.4 is 0 Å². The third kappa shape index (κ3) is 3.24. The van der Waals surface area contributed by atoms with Gasteiger partial charge in [-0.3, -0.25) is 9.78 Å². The van der Waals surface area contributed by atoms with Crippen LogP contribution in [0.5, 0.6) is 0 Å². The smallest absolute Gasteiger partial charge is 0.253 e. The van der Waals surface area contributed by atoms with Crippen molar-refractivity contribution in [1.29, 1.82) is 0 Å². The van der Waals surface area contributed by atoms with Gasteiger partial charge in [0.05, 0.1) is 16.1 Å². The lowest BCUT2D eigenvalue weighted by Gasteiger charge is -2.32. The minimum Gasteiger partial charge on any atom is -0.357 e. The second kappa shape index (κ2) is 6.48. The lowest BCUT2D eigenvalue weighted by Crippen LogP contribution is -2.39. The number of nitrogens with zero attached hydrogens (tertiary/aromatic N) is 2. The molecule has 25 heavy (non-hydrogen) atoms. The molecular weight excluding hydrogens is 341 g/mol. The van der Waals surface area contributed by atoms with E-state index in [1.165, 1.54) is 24.3 Å². The largest absolute Gasteiger partial charge is 0.357 e. The number of rotatable bonds is 2. The minimum absolute atomic E-state index is 0.0537. The van der Waals surface area contributed by atoms with Crippen molar-refractivity contribution < 1.29 is 9.18 Å². The van der Waals surface area contributed by atoms with Crippen LogP contribution in [-0.2, 0) is 0 Å². The molecule has 1 N–H and O–H groups in total. The number of amides is 1. The van der Waals surface area contributed by atoms with Crippen LogP contribution in [0, 0.1) is 5.82 Å². The molecule has 1 aliphatic heterocycles. The summed E-state index contributed by atoms with van der Waals surface area (Å²) in [6, 6.07) is 9.61. The van der Waals surface area contributed by atoms with Gasteiger partial charge in [-0.15, -0.1) is 0 Å². The number of halogens is 2. The molecule has 0 spiro atoms. The van der Waals surface area contributed by atoms with Crippen molar-refractivity contribution >= 4 is 28.5 Å². The van der Waals surface area contributed by atoms with Crippen LogP contribution in [0.4, 0.5) is 4.39 Å². The van der Waals surface area contributed by atoms with Gasteiger partial charge in [-0.05, 0) is 49.2 Å². The summed E-state index contributed by atoms with van der Waals surface area (Å²) in [4.78, 5) is 22.2. The molecule has 0 aliphatic carbocycles. The first kappa shape index (κ1) is 16.1. The summed E-state index contributed by atoms with van der Waals surface area (Å²) in [7, 11) is 0. The third-order valence-corrected chi connectivity index (χ3v) is 4.90. The number of nitrogens with one attached hydrogen (secondary N) is 1. The number of fused-ring (bicyclic) bond motifs is 1. The number of aromatic amines is 1. The molecule has 1 atom stereocenters. The Labute approximate surface area is 149 Å². The predicted octanol–water partition coefficient (Wildman–Crippen LogP) is 4.38. The summed E-state index contributed by atoms with van der Waals surface area (Å²) in [5, 5.41) is 0.595. The van der Waals surface area contributed by atoms with Crippen molar-refractivity contribution in [2.45, 2.75) is 18.8 Å². The van der Waals surface area contributed by atoms with E-state index >= 15 is 0 Å². The summed E-state index contributed by atoms with van der Waals surface area (Å²) in [6.45, 7) is 1.35. The molecule has 1 amide bonds. The van der Waals surface area contributed by atoms with Crippen LogP contribution in [-0.4, -0.2) is 33.9 Å². The highest BCUT2D eigenvalue weighted by atomic mass is 35.5. The fraction of sp³-hybridized carbons (Fsp3) is 0.263. The van der Waals surface area contributed by atoms with Gasteiger partial charge in [0.2, 0.25) is 0 Å². The van der Waals surface area contributed by atoms with Gasteiger partial charge in [0.25, 0.3) is 5.91 Å². The Hall–Kier alpha value is -2.40. The Morgan fingerprint density at radius 3 is 2.88 bits per heavy atom. The molecule has 2 aromatic heterocycles. The molecular formula is C19H17ClFN3O. The molecule has 0 bridgehead atoms. The Morgan fingerprint density at radius 2 is 2.08 bits per heavy atom. The Kier molecular flexibility index (Phi) is 4.17. The molecule has 0 radical (unpaired) electrons. The van der Waals surface area contributed by atoms with Gasteiger partial charge in [-0.1, -0.05) is 11.6 Å². The van der Waals surface area contributed by atoms with Crippen LogP contribution in [0.2, 0.25) is 5.02 Å². The maximum Gasteiger partial charge on any atom is 0.253 e. The van der Waals surface area contributed by atoms with Crippen molar-refractivity contribution in [3.05, 3.63) is 64.7 Å². The number of hydrogen-bond donors (Lipinski definition) is 1. The van der Waals surface area contributed by atoms with Crippen molar-refractivity contribution in [1.82, 2.24) is 14.9 Å². The van der Waals surface area contributed by atoms with E-state index in [2.05, 4.69) is 9.97 Å². The summed E-state index contributed by atoms with van der Waals surface area (Å²) in [5.74, 6) is -0.162. The van der Waals surface area contributed by atoms with E-state index in [1.807, 2.05) is 17.0 Å². The second-order valence-electron chi connectivity index (χ2n) is 6.41. The average Bonchev–Trinajstić information content (AvgIpc) is 3.05. The van der Waals surface area contributed by atoms with Crippen LogP contribution in [0.3, 0.4) is 0 Å². The van der Waals surface area contributed by atoms with Gasteiger partial charge >= 0.3 is 0 Å². The number of piperidine rings is 1. The van der Waals surface area contributed by atoms with E-state index in [4.69, 9.17) is 11.6 Å². The summed E-state index contributed by atoms with van der Waals surface area (Å²) >= 11 is 6.00. The monoisotopic (exact) mass is 357 g/mol. The summed E-state index contributed by atoms with van der Waals surface area (Å²) in [5.41, 5.74) is 3.37. The van der Waals surface area contributed by atoms with Gasteiger partial charge in [-0.2, -0.15) is 0 Å². The molecule has 1 aromatic carbocycles. The topological polar surface area (TPSA) is 49.0 Å². The van der Waals surface area contributed by atoms with E-state index in [9.17, 15) is 9.18 Å². The third-order valence-electron chi connectivity index (χ3n) is 4.70. The fourth-order valence-corrected chi connectivity index (χ4v) is 3.57. The van der Waals surface area contributed by atoms with Crippen LogP contribution in [0.15, 0.2) is 42.6 Å². The predicted molar refractivity (Wildman–Crippen MR) is 95.4 cm³/mol. The van der Waals surface area contributed by atoms with Gasteiger partial charge in [-0.25, -0.2) is 4.39 Å². The van der Waals surface area contributed by atoms with E-state index in [-0.39, 0.29) is 17.6 Å². The SMILES string of the molecule is O=C(c1ccc(F)cc1)N1CCCC(c2cc3ncc(Cl)cc3[nH]2)C1. The summed E-state index contributed by atoms with van der Waals surface area (Å²) in [6.07, 6.45) is 3.57. The number of aromatic nitrogens is 2. The quantitative estimate of drug-likeness (QED) is 0.740. The molecule has 1 fully saturated rings. The van der Waals surface area contributed by atoms with Crippen molar-refractivity contribution in [3.63, 3.8) is 0 Å². The van der Waals surface area contributed by atoms with Crippen molar-refractivity contribution in [3.8, 4) is 0 Å². The lowest BCUT2D eigenvalue weighted by atomic mass is 9.94. The Bertz CT molecular complexity index is 922. The first-order chi connectivity index (χ1) is 12.1. The van der Waals surface area contributed by atoms with Gasteiger partial charge < -0.3 is 9.88 Å². The number of hydrogen-bond acceptors (Lipinski definition) is 2. The van der Waals surface area contributed by atoms with Crippen LogP contribution in [0.1, 0.15) is 34.8 Å². The van der Waals surface area contributed by atoms with E-state index < -0.39 is 0 Å². The highest BCUT2D eigenvalue weighted by Crippen LogP contribution is 2.29. The minimum atomic E-state index is -0.336. The molecule has 6 heteroatoms. The molecule has 0 saturated carbocycles. The van der Waals surface area contributed by atoms with E-state index in [0.717, 1.165) is 36.1 Å². The Morgan fingerprint density at radius 1 is 1.28 bits per heavy atom. The first-order valence-electron chi connectivity index (χ1n) is 8.29. The zero-order chi connectivity index (χ0) is 17.4. The van der Waals surface area contributed by atoms with E-state index in [1.54, 1.807) is 6.20 Å². The number of H-pyrrole nitrogens is 1. The van der Waals surface area contributed by atoms with Gasteiger partial charge in [0.15, 0.2) is 0 Å². The lowest BCUT2D eigenvalue weighted by molar-refractivity contribution is 0.0706. The average molecular weight is 358 g/mol. The zero-order valence-electron chi connectivity index (χ0n) is 13.5. The van der Waals surface area contributed by atoms with E-state index in [0.29, 0.717) is 17.1 Å². The van der Waals surface area contributed by atoms with Crippen LogP contribution in [0.25, 0.3) is 11.0 Å². The first-order valence-corrected chi connectivity index (χ1v) is 8.67. The van der Waals surface area contributed by atoms with Gasteiger partial charge in [0, 0.05) is 36.5 Å². The molecule has 1 aliphatic rings. The molecule has 3 aromatic rings. The number of pyridine rings is 1. The molecule has 3 heterocycles. The maximum absolute atomic E-state index is 13.1. The standard InChI is InChI=1S/C19H17ClFN3O/c20-14-8-18-17(22-10-14)9-16(23-18)13-2-1-7-24(11-13)19(25)12-3-5-15(21)6-4-12/h3-6,8-10,13,23H,1-2,7,11H2. The van der Waals surface area contributed by atoms with Crippen molar-refractivity contribution in [2.24, 2.45) is 0 Å². The fourth-order valence-electron chi connectivity index (χ4n) is 3.41. The molecule has 4 rings (SSSR count). The Balaban J connectivity index is 1.55. The molecule has 4 nitrogen and oxygen atoms in total. The number of likely N-dealkylation sites (tertiary alicyclic amines) is 1. The molecule has 1 unspecified atom stereocenters. The highest BCUT2D eigenvalue weighted by Gasteiger charge is 2.26. The van der Waals surface area contributed by atoms with Gasteiger partial charge in [0.1, 0.15) is 5.82 Å². The van der Waals surface area contributed by atoms with Crippen molar-refractivity contribution in [2.75, 3.05) is 13.1 Å². The number of carbonyl (C=O) groups is 1. The zero-order valence-corrected chi connectivity index (χ0v) is 14.3. The molecule has 1 saturated heterocycles. The summed E-state index contributed by atoms with van der Waals surface area (Å²) < 4.78 is 13.1. The normalized spacial score (nSPS) is 17.8. The molecule has 128 valence electrons. The maximum atomic E-state index is 13.1. The second-order valence-corrected chi connectivity index (χ2v) is 6.84. The number of benzene rings is 1. The number of carbonyl (C=O) groups excluding carboxylic acids is 1.